The van der Waals surface area contributed by atoms with Crippen LogP contribution in [0, 0.1) is 5.92 Å². The number of aliphatic hydroxyl groups excluding tert-OH is 1. The van der Waals surface area contributed by atoms with E-state index in [1.54, 1.807) is 13.3 Å². The molecular formula is C15H22BrNO2. The van der Waals surface area contributed by atoms with Crippen LogP contribution < -0.4 is 0 Å². The van der Waals surface area contributed by atoms with Gasteiger partial charge in [0, 0.05) is 29.9 Å². The van der Waals surface area contributed by atoms with Gasteiger partial charge in [0.15, 0.2) is 0 Å². The minimum absolute atomic E-state index is 0.0641. The first-order valence-corrected chi connectivity index (χ1v) is 7.81. The summed E-state index contributed by atoms with van der Waals surface area (Å²) in [4.78, 5) is 4.32. The van der Waals surface area contributed by atoms with Crippen LogP contribution in [0.25, 0.3) is 0 Å². The Labute approximate surface area is 123 Å². The van der Waals surface area contributed by atoms with E-state index in [1.165, 1.54) is 32.1 Å². The Kier molecular flexibility index (Phi) is 5.79. The molecule has 106 valence electrons. The van der Waals surface area contributed by atoms with E-state index in [2.05, 4.69) is 20.9 Å². The predicted molar refractivity (Wildman–Crippen MR) is 79.0 cm³/mol. The third kappa shape index (κ3) is 4.26. The number of nitrogens with zero attached hydrogens (tertiary/aromatic N) is 1. The number of hydrogen-bond acceptors (Lipinski definition) is 3. The van der Waals surface area contributed by atoms with Gasteiger partial charge in [0.25, 0.3) is 0 Å². The van der Waals surface area contributed by atoms with Crippen LogP contribution in [-0.4, -0.2) is 29.4 Å². The third-order valence-corrected chi connectivity index (χ3v) is 4.44. The molecule has 19 heavy (non-hydrogen) atoms. The fourth-order valence-electron chi connectivity index (χ4n) is 2.98. The Morgan fingerprint density at radius 2 is 2.11 bits per heavy atom. The van der Waals surface area contributed by atoms with Gasteiger partial charge in [0.05, 0.1) is 12.2 Å². The van der Waals surface area contributed by atoms with E-state index < -0.39 is 6.10 Å². The van der Waals surface area contributed by atoms with Gasteiger partial charge in [-0.25, -0.2) is 0 Å². The lowest BCUT2D eigenvalue weighted by Crippen LogP contribution is -2.37. The fourth-order valence-corrected chi connectivity index (χ4v) is 3.22. The van der Waals surface area contributed by atoms with E-state index in [0.29, 0.717) is 12.3 Å². The summed E-state index contributed by atoms with van der Waals surface area (Å²) in [5.74, 6) is 0.490. The standard InChI is InChI=1S/C15H22BrNO2/c1-19-15(11-5-3-2-4-6-11)14(18)9-13-8-7-12(16)10-17-13/h7-8,10-11,14-15,18H,2-6,9H2,1H3. The lowest BCUT2D eigenvalue weighted by molar-refractivity contribution is -0.0538. The molecule has 1 aliphatic carbocycles. The fraction of sp³-hybridized carbons (Fsp3) is 0.667. The summed E-state index contributed by atoms with van der Waals surface area (Å²) >= 11 is 3.37. The van der Waals surface area contributed by atoms with Crippen molar-refractivity contribution in [3.8, 4) is 0 Å². The van der Waals surface area contributed by atoms with Crippen molar-refractivity contribution in [2.75, 3.05) is 7.11 Å². The Balaban J connectivity index is 1.95. The highest BCUT2D eigenvalue weighted by molar-refractivity contribution is 9.10. The molecular weight excluding hydrogens is 306 g/mol. The molecule has 1 N–H and O–H groups in total. The van der Waals surface area contributed by atoms with Crippen LogP contribution in [-0.2, 0) is 11.2 Å². The maximum Gasteiger partial charge on any atom is 0.0862 e. The summed E-state index contributed by atoms with van der Waals surface area (Å²) < 4.78 is 6.52. The molecule has 0 aromatic carbocycles. The third-order valence-electron chi connectivity index (χ3n) is 3.97. The molecule has 0 saturated heterocycles. The molecule has 1 aromatic rings. The van der Waals surface area contributed by atoms with Crippen LogP contribution in [0.3, 0.4) is 0 Å². The van der Waals surface area contributed by atoms with E-state index in [-0.39, 0.29) is 6.10 Å². The number of ether oxygens (including phenoxy) is 1. The molecule has 0 spiro atoms. The summed E-state index contributed by atoms with van der Waals surface area (Å²) in [6.45, 7) is 0. The summed E-state index contributed by atoms with van der Waals surface area (Å²) in [6, 6.07) is 3.90. The first-order chi connectivity index (χ1) is 9.20. The van der Waals surface area contributed by atoms with Crippen LogP contribution >= 0.6 is 15.9 Å². The van der Waals surface area contributed by atoms with Crippen molar-refractivity contribution in [3.05, 3.63) is 28.5 Å². The van der Waals surface area contributed by atoms with Gasteiger partial charge in [-0.3, -0.25) is 4.98 Å². The molecule has 2 unspecified atom stereocenters. The highest BCUT2D eigenvalue weighted by Crippen LogP contribution is 2.30. The quantitative estimate of drug-likeness (QED) is 0.901. The Bertz CT molecular complexity index is 376. The van der Waals surface area contributed by atoms with E-state index >= 15 is 0 Å². The Morgan fingerprint density at radius 1 is 1.37 bits per heavy atom. The number of rotatable bonds is 5. The van der Waals surface area contributed by atoms with Gasteiger partial charge in [-0.05, 0) is 46.8 Å². The molecule has 0 bridgehead atoms. The molecule has 2 rings (SSSR count). The number of aliphatic hydroxyl groups is 1. The molecule has 0 radical (unpaired) electrons. The first kappa shape index (κ1) is 14.9. The lowest BCUT2D eigenvalue weighted by atomic mass is 9.82. The number of aromatic nitrogens is 1. The van der Waals surface area contributed by atoms with E-state index in [4.69, 9.17) is 4.74 Å². The van der Waals surface area contributed by atoms with Gasteiger partial charge in [-0.2, -0.15) is 0 Å². The molecule has 0 amide bonds. The van der Waals surface area contributed by atoms with Gasteiger partial charge in [-0.15, -0.1) is 0 Å². The second-order valence-electron chi connectivity index (χ2n) is 5.34. The van der Waals surface area contributed by atoms with Crippen molar-refractivity contribution in [1.29, 1.82) is 0 Å². The maximum absolute atomic E-state index is 10.4. The monoisotopic (exact) mass is 327 g/mol. The van der Waals surface area contributed by atoms with Crippen molar-refractivity contribution in [2.24, 2.45) is 5.92 Å². The lowest BCUT2D eigenvalue weighted by Gasteiger charge is -2.32. The first-order valence-electron chi connectivity index (χ1n) is 7.02. The van der Waals surface area contributed by atoms with Crippen LogP contribution in [0.15, 0.2) is 22.8 Å². The zero-order chi connectivity index (χ0) is 13.7. The summed E-state index contributed by atoms with van der Waals surface area (Å²) in [5, 5.41) is 10.4. The predicted octanol–water partition coefficient (Wildman–Crippen LogP) is 3.34. The minimum Gasteiger partial charge on any atom is -0.390 e. The van der Waals surface area contributed by atoms with Crippen molar-refractivity contribution < 1.29 is 9.84 Å². The average Bonchev–Trinajstić information content (AvgIpc) is 2.43. The number of methoxy groups -OCH3 is 1. The zero-order valence-electron chi connectivity index (χ0n) is 11.4. The van der Waals surface area contributed by atoms with Gasteiger partial charge < -0.3 is 9.84 Å². The minimum atomic E-state index is -0.471. The average molecular weight is 328 g/mol. The van der Waals surface area contributed by atoms with E-state index in [9.17, 15) is 5.11 Å². The van der Waals surface area contributed by atoms with Gasteiger partial charge in [0.1, 0.15) is 0 Å². The molecule has 1 fully saturated rings. The number of pyridine rings is 1. The smallest absolute Gasteiger partial charge is 0.0862 e. The molecule has 3 nitrogen and oxygen atoms in total. The maximum atomic E-state index is 10.4. The van der Waals surface area contributed by atoms with Crippen LogP contribution in [0.1, 0.15) is 37.8 Å². The van der Waals surface area contributed by atoms with E-state index in [0.717, 1.165) is 10.2 Å². The SMILES string of the molecule is COC(C(O)Cc1ccc(Br)cn1)C1CCCCC1. The Hall–Kier alpha value is -0.450. The van der Waals surface area contributed by atoms with Gasteiger partial charge in [0.2, 0.25) is 0 Å². The van der Waals surface area contributed by atoms with Crippen molar-refractivity contribution in [2.45, 2.75) is 50.7 Å². The topological polar surface area (TPSA) is 42.4 Å². The largest absolute Gasteiger partial charge is 0.390 e. The van der Waals surface area contributed by atoms with Crippen molar-refractivity contribution >= 4 is 15.9 Å². The van der Waals surface area contributed by atoms with Crippen LogP contribution in [0.5, 0.6) is 0 Å². The Morgan fingerprint density at radius 3 is 2.68 bits per heavy atom. The normalized spacial score (nSPS) is 20.2. The second-order valence-corrected chi connectivity index (χ2v) is 6.25. The van der Waals surface area contributed by atoms with Gasteiger partial charge >= 0.3 is 0 Å². The molecule has 4 heteroatoms. The molecule has 1 saturated carbocycles. The van der Waals surface area contributed by atoms with Gasteiger partial charge in [-0.1, -0.05) is 19.3 Å². The molecule has 1 aliphatic rings. The molecule has 1 aromatic heterocycles. The summed E-state index contributed by atoms with van der Waals surface area (Å²) in [7, 11) is 1.71. The van der Waals surface area contributed by atoms with Crippen molar-refractivity contribution in [3.63, 3.8) is 0 Å². The highest BCUT2D eigenvalue weighted by atomic mass is 79.9. The van der Waals surface area contributed by atoms with E-state index in [1.807, 2.05) is 12.1 Å². The summed E-state index contributed by atoms with van der Waals surface area (Å²) in [5.41, 5.74) is 0.911. The second kappa shape index (κ2) is 7.36. The highest BCUT2D eigenvalue weighted by Gasteiger charge is 2.29. The molecule has 1 heterocycles. The van der Waals surface area contributed by atoms with Crippen LogP contribution in [0.4, 0.5) is 0 Å². The van der Waals surface area contributed by atoms with Crippen LogP contribution in [0.2, 0.25) is 0 Å². The number of hydrogen-bond donors (Lipinski definition) is 1. The van der Waals surface area contributed by atoms with Crippen molar-refractivity contribution in [1.82, 2.24) is 4.98 Å². The molecule has 2 atom stereocenters. The zero-order valence-corrected chi connectivity index (χ0v) is 13.0. The molecule has 0 aliphatic heterocycles. The number of halogens is 1. The summed E-state index contributed by atoms with van der Waals surface area (Å²) in [6.07, 6.45) is 7.96.